The van der Waals surface area contributed by atoms with Crippen molar-refractivity contribution in [3.8, 4) is 5.75 Å². The molecule has 1 heterocycles. The third kappa shape index (κ3) is 4.47. The Bertz CT molecular complexity index is 744. The number of halogens is 1. The van der Waals surface area contributed by atoms with Gasteiger partial charge in [0, 0.05) is 22.1 Å². The van der Waals surface area contributed by atoms with Crippen molar-refractivity contribution in [2.75, 3.05) is 6.61 Å². The van der Waals surface area contributed by atoms with Crippen molar-refractivity contribution in [3.63, 3.8) is 0 Å². The smallest absolute Gasteiger partial charge is 0.186 e. The number of unbranched alkanes of at least 4 members (excludes halogenated alkanes) is 1. The Balaban J connectivity index is 1.84. The topological polar surface area (TPSA) is 38.7 Å². The summed E-state index contributed by atoms with van der Waals surface area (Å²) in [4.78, 5) is 0. The van der Waals surface area contributed by atoms with Crippen LogP contribution in [0.1, 0.15) is 49.7 Å². The number of phenolic OH excluding ortho intramolecular Hbond substituents is 1. The molecule has 0 spiro atoms. The Morgan fingerprint density at radius 2 is 1.81 bits per heavy atom. The highest BCUT2D eigenvalue weighted by molar-refractivity contribution is 6.31. The van der Waals surface area contributed by atoms with E-state index in [2.05, 4.69) is 19.1 Å². The molecule has 0 radical (unpaired) electrons. The number of rotatable bonds is 6. The molecule has 3 unspecified atom stereocenters. The van der Waals surface area contributed by atoms with Crippen LogP contribution in [-0.4, -0.2) is 11.7 Å². The molecule has 2 aromatic rings. The highest BCUT2D eigenvalue weighted by Gasteiger charge is 2.35. The molecule has 3 nitrogen and oxygen atoms in total. The Kier molecular flexibility index (Phi) is 6.73. The molecule has 138 valence electrons. The quantitative estimate of drug-likeness (QED) is 0.614. The van der Waals surface area contributed by atoms with Crippen LogP contribution in [0, 0.1) is 5.92 Å². The van der Waals surface area contributed by atoms with Crippen LogP contribution < -0.4 is 0 Å². The third-order valence-electron chi connectivity index (χ3n) is 4.62. The summed E-state index contributed by atoms with van der Waals surface area (Å²) < 4.78 is 12.3. The second-order valence-corrected chi connectivity index (χ2v) is 6.97. The number of para-hydroxylation sites is 1. The molecule has 4 heteroatoms. The second kappa shape index (κ2) is 9.22. The molecule has 26 heavy (non-hydrogen) atoms. The molecule has 0 aliphatic carbocycles. The SMILES string of the molecule is CCC/C=C\CC1COC(c2ccccc2Cl)OC1c1ccccc1O. The van der Waals surface area contributed by atoms with E-state index in [4.69, 9.17) is 21.1 Å². The van der Waals surface area contributed by atoms with Crippen molar-refractivity contribution < 1.29 is 14.6 Å². The van der Waals surface area contributed by atoms with Gasteiger partial charge in [-0.1, -0.05) is 73.5 Å². The third-order valence-corrected chi connectivity index (χ3v) is 4.97. The number of phenols is 1. The van der Waals surface area contributed by atoms with Gasteiger partial charge in [0.2, 0.25) is 0 Å². The van der Waals surface area contributed by atoms with Crippen molar-refractivity contribution in [2.45, 2.75) is 38.6 Å². The summed E-state index contributed by atoms with van der Waals surface area (Å²) in [6, 6.07) is 14.9. The summed E-state index contributed by atoms with van der Waals surface area (Å²) in [5.41, 5.74) is 1.61. The van der Waals surface area contributed by atoms with Crippen molar-refractivity contribution in [1.29, 1.82) is 0 Å². The molecule has 3 atom stereocenters. The van der Waals surface area contributed by atoms with Crippen LogP contribution >= 0.6 is 11.6 Å². The first-order chi connectivity index (χ1) is 12.7. The van der Waals surface area contributed by atoms with Gasteiger partial charge in [-0.15, -0.1) is 0 Å². The van der Waals surface area contributed by atoms with Gasteiger partial charge in [-0.3, -0.25) is 0 Å². The van der Waals surface area contributed by atoms with E-state index >= 15 is 0 Å². The second-order valence-electron chi connectivity index (χ2n) is 6.56. The predicted octanol–water partition coefficient (Wildman–Crippen LogP) is 6.19. The van der Waals surface area contributed by atoms with Gasteiger partial charge in [0.25, 0.3) is 0 Å². The summed E-state index contributed by atoms with van der Waals surface area (Å²) in [7, 11) is 0. The number of ether oxygens (including phenoxy) is 2. The highest BCUT2D eigenvalue weighted by Crippen LogP contribution is 2.43. The van der Waals surface area contributed by atoms with Gasteiger partial charge in [-0.2, -0.15) is 0 Å². The lowest BCUT2D eigenvalue weighted by atomic mass is 9.91. The monoisotopic (exact) mass is 372 g/mol. The van der Waals surface area contributed by atoms with Crippen molar-refractivity contribution in [2.24, 2.45) is 5.92 Å². The zero-order valence-electron chi connectivity index (χ0n) is 15.0. The summed E-state index contributed by atoms with van der Waals surface area (Å²) in [6.07, 6.45) is 6.63. The number of allylic oxidation sites excluding steroid dienone is 2. The summed E-state index contributed by atoms with van der Waals surface area (Å²) in [5.74, 6) is 0.384. The summed E-state index contributed by atoms with van der Waals surface area (Å²) >= 11 is 6.32. The lowest BCUT2D eigenvalue weighted by molar-refractivity contribution is -0.244. The average Bonchev–Trinajstić information content (AvgIpc) is 2.66. The molecule has 1 fully saturated rings. The van der Waals surface area contributed by atoms with E-state index in [0.717, 1.165) is 30.4 Å². The fourth-order valence-corrected chi connectivity index (χ4v) is 3.44. The number of benzene rings is 2. The van der Waals surface area contributed by atoms with Crippen molar-refractivity contribution in [1.82, 2.24) is 0 Å². The van der Waals surface area contributed by atoms with Crippen LogP contribution in [0.2, 0.25) is 5.02 Å². The fourth-order valence-electron chi connectivity index (χ4n) is 3.21. The molecule has 3 rings (SSSR count). The van der Waals surface area contributed by atoms with E-state index < -0.39 is 6.29 Å². The van der Waals surface area contributed by atoms with Crippen LogP contribution in [0.4, 0.5) is 0 Å². The van der Waals surface area contributed by atoms with Gasteiger partial charge in [-0.25, -0.2) is 0 Å². The zero-order chi connectivity index (χ0) is 18.4. The molecule has 0 saturated carbocycles. The molecule has 0 bridgehead atoms. The largest absolute Gasteiger partial charge is 0.508 e. The zero-order valence-corrected chi connectivity index (χ0v) is 15.7. The molecule has 1 N–H and O–H groups in total. The van der Waals surface area contributed by atoms with Gasteiger partial charge < -0.3 is 14.6 Å². The standard InChI is InChI=1S/C22H25ClO3/c1-2-3-4-5-10-16-15-25-22(17-11-6-8-13-19(17)23)26-21(16)18-12-7-9-14-20(18)24/h4-9,11-14,16,21-22,24H,2-3,10,15H2,1H3/b5-4-. The normalized spacial score (nSPS) is 23.4. The molecule has 0 amide bonds. The number of hydrogen-bond acceptors (Lipinski definition) is 3. The van der Waals surface area contributed by atoms with Gasteiger partial charge >= 0.3 is 0 Å². The average molecular weight is 373 g/mol. The van der Waals surface area contributed by atoms with Crippen LogP contribution in [0.5, 0.6) is 5.75 Å². The molecule has 1 aliphatic rings. The van der Waals surface area contributed by atoms with Gasteiger partial charge in [-0.05, 0) is 25.0 Å². The maximum Gasteiger partial charge on any atom is 0.186 e. The van der Waals surface area contributed by atoms with E-state index in [0.29, 0.717) is 11.6 Å². The fraction of sp³-hybridized carbons (Fsp3) is 0.364. The first-order valence-electron chi connectivity index (χ1n) is 9.15. The van der Waals surface area contributed by atoms with E-state index in [-0.39, 0.29) is 17.8 Å². The van der Waals surface area contributed by atoms with Crippen LogP contribution in [0.15, 0.2) is 60.7 Å². The van der Waals surface area contributed by atoms with E-state index in [1.807, 2.05) is 42.5 Å². The maximum atomic E-state index is 10.3. The summed E-state index contributed by atoms with van der Waals surface area (Å²) in [6.45, 7) is 2.71. The number of aromatic hydroxyl groups is 1. The molecule has 1 saturated heterocycles. The van der Waals surface area contributed by atoms with E-state index in [1.54, 1.807) is 6.07 Å². The van der Waals surface area contributed by atoms with Crippen LogP contribution in [0.3, 0.4) is 0 Å². The van der Waals surface area contributed by atoms with Crippen LogP contribution in [-0.2, 0) is 9.47 Å². The molecule has 0 aromatic heterocycles. The van der Waals surface area contributed by atoms with E-state index in [9.17, 15) is 5.11 Å². The van der Waals surface area contributed by atoms with E-state index in [1.165, 1.54) is 0 Å². The van der Waals surface area contributed by atoms with Gasteiger partial charge in [0.05, 0.1) is 12.7 Å². The summed E-state index contributed by atoms with van der Waals surface area (Å²) in [5, 5.41) is 11.0. The van der Waals surface area contributed by atoms with Crippen LogP contribution in [0.25, 0.3) is 0 Å². The molecular formula is C22H25ClO3. The first-order valence-corrected chi connectivity index (χ1v) is 9.53. The number of hydrogen-bond donors (Lipinski definition) is 1. The molecule has 1 aliphatic heterocycles. The van der Waals surface area contributed by atoms with Gasteiger partial charge in [0.1, 0.15) is 5.75 Å². The molecular weight excluding hydrogens is 348 g/mol. The maximum absolute atomic E-state index is 10.3. The van der Waals surface area contributed by atoms with Crippen molar-refractivity contribution in [3.05, 3.63) is 76.8 Å². The lowest BCUT2D eigenvalue weighted by Crippen LogP contribution is -2.30. The minimum Gasteiger partial charge on any atom is -0.508 e. The first kappa shape index (κ1) is 19.0. The Hall–Kier alpha value is -1.81. The lowest BCUT2D eigenvalue weighted by Gasteiger charge is -2.37. The Morgan fingerprint density at radius 3 is 2.54 bits per heavy atom. The predicted molar refractivity (Wildman–Crippen MR) is 104 cm³/mol. The van der Waals surface area contributed by atoms with Crippen molar-refractivity contribution >= 4 is 11.6 Å². The highest BCUT2D eigenvalue weighted by atomic mass is 35.5. The minimum atomic E-state index is -0.538. The van der Waals surface area contributed by atoms with Gasteiger partial charge in [0.15, 0.2) is 6.29 Å². The Labute approximate surface area is 160 Å². The Morgan fingerprint density at radius 1 is 1.08 bits per heavy atom. The molecule has 2 aromatic carbocycles. The minimum absolute atomic E-state index is 0.134.